The van der Waals surface area contributed by atoms with Gasteiger partial charge in [-0.3, -0.25) is 0 Å². The number of unbranched alkanes of at least 4 members (excludes halogenated alkanes) is 4. The van der Waals surface area contributed by atoms with Crippen LogP contribution in [0.25, 0.3) is 0 Å². The van der Waals surface area contributed by atoms with Crippen LogP contribution >= 0.6 is 12.4 Å². The maximum absolute atomic E-state index is 9.12. The Morgan fingerprint density at radius 1 is 0.909 bits per heavy atom. The SMILES string of the molecule is CCCCCCc1ccc(CCCCC(C)(N)CO)cc1.Cl. The average molecular weight is 328 g/mol. The Bertz CT molecular complexity index is 376. The molecule has 128 valence electrons. The van der Waals surface area contributed by atoms with E-state index in [2.05, 4.69) is 31.2 Å². The fraction of sp³-hybridized carbons (Fsp3) is 0.684. The first-order valence-electron chi connectivity index (χ1n) is 8.55. The molecule has 0 aliphatic heterocycles. The van der Waals surface area contributed by atoms with Crippen molar-refractivity contribution in [2.45, 2.75) is 77.2 Å². The van der Waals surface area contributed by atoms with Gasteiger partial charge in [0.1, 0.15) is 0 Å². The first kappa shape index (κ1) is 21.4. The molecule has 0 fully saturated rings. The van der Waals surface area contributed by atoms with E-state index in [0.29, 0.717) is 0 Å². The zero-order chi connectivity index (χ0) is 15.6. The largest absolute Gasteiger partial charge is 0.394 e. The maximum atomic E-state index is 9.12. The Morgan fingerprint density at radius 2 is 1.41 bits per heavy atom. The molecule has 2 nitrogen and oxygen atoms in total. The molecule has 0 amide bonds. The van der Waals surface area contributed by atoms with Gasteiger partial charge in [0, 0.05) is 5.54 Å². The summed E-state index contributed by atoms with van der Waals surface area (Å²) in [5.41, 5.74) is 8.39. The average Bonchev–Trinajstić information content (AvgIpc) is 2.49. The Balaban J connectivity index is 0.00000441. The van der Waals surface area contributed by atoms with Gasteiger partial charge in [-0.05, 0) is 50.2 Å². The van der Waals surface area contributed by atoms with Crippen molar-refractivity contribution in [1.82, 2.24) is 0 Å². The monoisotopic (exact) mass is 327 g/mol. The van der Waals surface area contributed by atoms with E-state index in [1.165, 1.54) is 43.2 Å². The minimum Gasteiger partial charge on any atom is -0.394 e. The number of hydrogen-bond acceptors (Lipinski definition) is 2. The molecule has 0 spiro atoms. The third-order valence-electron chi connectivity index (χ3n) is 4.17. The minimum absolute atomic E-state index is 0. The molecule has 0 saturated heterocycles. The van der Waals surface area contributed by atoms with Gasteiger partial charge >= 0.3 is 0 Å². The van der Waals surface area contributed by atoms with Crippen LogP contribution in [0, 0.1) is 0 Å². The Kier molecular flexibility index (Phi) is 11.6. The summed E-state index contributed by atoms with van der Waals surface area (Å²) in [4.78, 5) is 0. The number of rotatable bonds is 11. The summed E-state index contributed by atoms with van der Waals surface area (Å²) in [5, 5.41) is 9.12. The van der Waals surface area contributed by atoms with Crippen molar-refractivity contribution in [3.05, 3.63) is 35.4 Å². The number of halogens is 1. The van der Waals surface area contributed by atoms with Gasteiger partial charge in [-0.1, -0.05) is 56.9 Å². The van der Waals surface area contributed by atoms with Crippen LogP contribution in [-0.2, 0) is 12.8 Å². The molecule has 0 saturated carbocycles. The maximum Gasteiger partial charge on any atom is 0.0608 e. The molecule has 22 heavy (non-hydrogen) atoms. The fourth-order valence-corrected chi connectivity index (χ4v) is 2.57. The van der Waals surface area contributed by atoms with Crippen molar-refractivity contribution in [3.63, 3.8) is 0 Å². The summed E-state index contributed by atoms with van der Waals surface area (Å²) in [6, 6.07) is 9.09. The lowest BCUT2D eigenvalue weighted by molar-refractivity contribution is 0.197. The van der Waals surface area contributed by atoms with Crippen molar-refractivity contribution in [3.8, 4) is 0 Å². The second kappa shape index (κ2) is 11.9. The predicted octanol–water partition coefficient (Wildman–Crippen LogP) is 4.65. The van der Waals surface area contributed by atoms with E-state index in [1.54, 1.807) is 0 Å². The van der Waals surface area contributed by atoms with Crippen LogP contribution in [0.4, 0.5) is 0 Å². The van der Waals surface area contributed by atoms with E-state index >= 15 is 0 Å². The van der Waals surface area contributed by atoms with Gasteiger partial charge in [-0.15, -0.1) is 12.4 Å². The molecule has 0 aliphatic rings. The van der Waals surface area contributed by atoms with Crippen LogP contribution in [-0.4, -0.2) is 17.3 Å². The predicted molar refractivity (Wildman–Crippen MR) is 98.8 cm³/mol. The smallest absolute Gasteiger partial charge is 0.0608 e. The Labute approximate surface area is 142 Å². The van der Waals surface area contributed by atoms with Crippen molar-refractivity contribution in [1.29, 1.82) is 0 Å². The number of benzene rings is 1. The first-order valence-corrected chi connectivity index (χ1v) is 8.55. The zero-order valence-corrected chi connectivity index (χ0v) is 15.1. The van der Waals surface area contributed by atoms with Gasteiger partial charge < -0.3 is 10.8 Å². The molecule has 1 rings (SSSR count). The lowest BCUT2D eigenvalue weighted by Crippen LogP contribution is -2.39. The summed E-state index contributed by atoms with van der Waals surface area (Å²) in [7, 11) is 0. The second-order valence-electron chi connectivity index (χ2n) is 6.65. The highest BCUT2D eigenvalue weighted by Crippen LogP contribution is 2.14. The van der Waals surface area contributed by atoms with Crippen molar-refractivity contribution >= 4 is 12.4 Å². The van der Waals surface area contributed by atoms with Crippen LogP contribution in [0.5, 0.6) is 0 Å². The molecule has 0 bridgehead atoms. The quantitative estimate of drug-likeness (QED) is 0.581. The topological polar surface area (TPSA) is 46.2 Å². The summed E-state index contributed by atoms with van der Waals surface area (Å²) in [6.07, 6.45) is 10.7. The van der Waals surface area contributed by atoms with Crippen LogP contribution in [0.1, 0.15) is 69.9 Å². The summed E-state index contributed by atoms with van der Waals surface area (Å²) < 4.78 is 0. The molecule has 0 radical (unpaired) electrons. The number of hydrogen-bond donors (Lipinski definition) is 2. The summed E-state index contributed by atoms with van der Waals surface area (Å²) in [5.74, 6) is 0. The highest BCUT2D eigenvalue weighted by Gasteiger charge is 2.15. The third kappa shape index (κ3) is 9.45. The Morgan fingerprint density at radius 3 is 1.86 bits per heavy atom. The molecule has 0 heterocycles. The Hall–Kier alpha value is -0.570. The molecule has 0 aromatic heterocycles. The molecule has 0 aliphatic carbocycles. The normalized spacial score (nSPS) is 13.5. The number of aliphatic hydroxyl groups is 1. The zero-order valence-electron chi connectivity index (χ0n) is 14.3. The van der Waals surface area contributed by atoms with Gasteiger partial charge in [0.2, 0.25) is 0 Å². The van der Waals surface area contributed by atoms with Crippen molar-refractivity contribution in [2.75, 3.05) is 6.61 Å². The van der Waals surface area contributed by atoms with Crippen LogP contribution in [0.15, 0.2) is 24.3 Å². The molecular formula is C19H34ClNO. The first-order chi connectivity index (χ1) is 10.1. The van der Waals surface area contributed by atoms with Gasteiger partial charge in [-0.25, -0.2) is 0 Å². The third-order valence-corrected chi connectivity index (χ3v) is 4.17. The van der Waals surface area contributed by atoms with E-state index in [1.807, 2.05) is 6.92 Å². The summed E-state index contributed by atoms with van der Waals surface area (Å²) in [6.45, 7) is 4.24. The lowest BCUT2D eigenvalue weighted by Gasteiger charge is -2.21. The highest BCUT2D eigenvalue weighted by atomic mass is 35.5. The van der Waals surface area contributed by atoms with Gasteiger partial charge in [0.05, 0.1) is 6.61 Å². The summed E-state index contributed by atoms with van der Waals surface area (Å²) >= 11 is 0. The molecule has 1 aromatic rings. The standard InChI is InChI=1S/C19H33NO.ClH/c1-3-4-5-6-9-17-11-13-18(14-12-17)10-7-8-15-19(2,20)16-21;/h11-14,21H,3-10,15-16,20H2,1-2H3;1H. The van der Waals surface area contributed by atoms with E-state index < -0.39 is 5.54 Å². The lowest BCUT2D eigenvalue weighted by atomic mass is 9.95. The van der Waals surface area contributed by atoms with E-state index in [4.69, 9.17) is 10.8 Å². The van der Waals surface area contributed by atoms with Crippen molar-refractivity contribution in [2.24, 2.45) is 5.73 Å². The fourth-order valence-electron chi connectivity index (χ4n) is 2.57. The van der Waals surface area contributed by atoms with Crippen LogP contribution in [0.2, 0.25) is 0 Å². The van der Waals surface area contributed by atoms with Gasteiger partial charge in [0.25, 0.3) is 0 Å². The van der Waals surface area contributed by atoms with E-state index in [9.17, 15) is 0 Å². The highest BCUT2D eigenvalue weighted by molar-refractivity contribution is 5.85. The van der Waals surface area contributed by atoms with Crippen molar-refractivity contribution < 1.29 is 5.11 Å². The second-order valence-corrected chi connectivity index (χ2v) is 6.65. The van der Waals surface area contributed by atoms with Gasteiger partial charge in [0.15, 0.2) is 0 Å². The molecule has 1 unspecified atom stereocenters. The van der Waals surface area contributed by atoms with E-state index in [0.717, 1.165) is 25.7 Å². The number of nitrogens with two attached hydrogens (primary N) is 1. The molecule has 3 N–H and O–H groups in total. The molecule has 1 aromatic carbocycles. The van der Waals surface area contributed by atoms with Gasteiger partial charge in [-0.2, -0.15) is 0 Å². The molecule has 1 atom stereocenters. The van der Waals surface area contributed by atoms with E-state index in [-0.39, 0.29) is 19.0 Å². The number of aliphatic hydroxyl groups excluding tert-OH is 1. The van der Waals surface area contributed by atoms with Crippen LogP contribution < -0.4 is 5.73 Å². The molecular weight excluding hydrogens is 294 g/mol. The molecule has 3 heteroatoms. The van der Waals surface area contributed by atoms with Crippen LogP contribution in [0.3, 0.4) is 0 Å². The minimum atomic E-state index is -0.414. The number of aryl methyl sites for hydroxylation is 2.